The monoisotopic (exact) mass is 457 g/mol. The number of hydrogen-bond acceptors (Lipinski definition) is 7. The summed E-state index contributed by atoms with van der Waals surface area (Å²) in [6, 6.07) is 12.3. The van der Waals surface area contributed by atoms with Gasteiger partial charge >= 0.3 is 11.9 Å². The van der Waals surface area contributed by atoms with Crippen molar-refractivity contribution in [3.63, 3.8) is 0 Å². The Morgan fingerprint density at radius 1 is 0.938 bits per heavy atom. The first-order valence-electron chi connectivity index (χ1n) is 9.88. The molecule has 1 aliphatic rings. The quantitative estimate of drug-likeness (QED) is 0.568. The van der Waals surface area contributed by atoms with Crippen molar-refractivity contribution in [1.82, 2.24) is 0 Å². The number of methoxy groups -OCH3 is 3. The van der Waals surface area contributed by atoms with Crippen LogP contribution in [0.3, 0.4) is 0 Å². The van der Waals surface area contributed by atoms with Crippen LogP contribution in [-0.4, -0.2) is 39.9 Å². The molecule has 0 N–H and O–H groups in total. The third-order valence-corrected chi connectivity index (χ3v) is 5.23. The summed E-state index contributed by atoms with van der Waals surface area (Å²) < 4.78 is 21.4. The fraction of sp³-hybridized carbons (Fsp3) is 0.250. The second kappa shape index (κ2) is 10.2. The fourth-order valence-electron chi connectivity index (χ4n) is 3.55. The predicted octanol–water partition coefficient (Wildman–Crippen LogP) is 4.46. The smallest absolute Gasteiger partial charge is 0.336 e. The average Bonchev–Trinajstić information content (AvgIpc) is 2.83. The Kier molecular flexibility index (Phi) is 7.43. The normalized spacial score (nSPS) is 13.7. The summed E-state index contributed by atoms with van der Waals surface area (Å²) in [4.78, 5) is 27.4. The largest absolute Gasteiger partial charge is 0.493 e. The van der Waals surface area contributed by atoms with Crippen molar-refractivity contribution in [1.29, 1.82) is 0 Å². The van der Waals surface area contributed by atoms with Crippen LogP contribution >= 0.6 is 11.6 Å². The van der Waals surface area contributed by atoms with E-state index >= 15 is 0 Å². The zero-order valence-corrected chi connectivity index (χ0v) is 19.0. The third kappa shape index (κ3) is 4.57. The van der Waals surface area contributed by atoms with Crippen LogP contribution in [0.25, 0.3) is 0 Å². The molecule has 0 fully saturated rings. The minimum Gasteiger partial charge on any atom is -0.493 e. The van der Waals surface area contributed by atoms with Crippen molar-refractivity contribution in [2.24, 2.45) is 0 Å². The maximum Gasteiger partial charge on any atom is 0.336 e. The van der Waals surface area contributed by atoms with Gasteiger partial charge in [-0.15, -0.1) is 0 Å². The lowest BCUT2D eigenvalue weighted by molar-refractivity contribution is -0.137. The third-order valence-electron chi connectivity index (χ3n) is 4.97. The van der Waals surface area contributed by atoms with Gasteiger partial charge in [0.15, 0.2) is 11.5 Å². The number of esters is 2. The van der Waals surface area contributed by atoms with Crippen LogP contribution in [0, 0.1) is 0 Å². The molecule has 0 spiro atoms. The minimum absolute atomic E-state index is 0.236. The van der Waals surface area contributed by atoms with Crippen molar-refractivity contribution >= 4 is 29.2 Å². The first-order chi connectivity index (χ1) is 15.4. The molecule has 1 heterocycles. The second-order valence-electron chi connectivity index (χ2n) is 6.78. The van der Waals surface area contributed by atoms with Gasteiger partial charge in [-0.3, -0.25) is 0 Å². The zero-order valence-electron chi connectivity index (χ0n) is 18.3. The molecule has 2 aromatic rings. The highest BCUT2D eigenvalue weighted by Crippen LogP contribution is 2.45. The number of carbonyl (C=O) groups is 2. The van der Waals surface area contributed by atoms with Crippen LogP contribution in [0.5, 0.6) is 11.5 Å². The maximum atomic E-state index is 12.9. The van der Waals surface area contributed by atoms with Gasteiger partial charge in [-0.2, -0.15) is 0 Å². The highest BCUT2D eigenvalue weighted by molar-refractivity contribution is 6.30. The van der Waals surface area contributed by atoms with E-state index < -0.39 is 17.9 Å². The van der Waals surface area contributed by atoms with Crippen molar-refractivity contribution in [2.75, 3.05) is 32.8 Å². The molecule has 3 rings (SSSR count). The molecule has 0 saturated heterocycles. The fourth-order valence-corrected chi connectivity index (χ4v) is 3.67. The summed E-state index contributed by atoms with van der Waals surface area (Å²) in [6.45, 7) is 2.21. The number of ether oxygens (including phenoxy) is 4. The summed E-state index contributed by atoms with van der Waals surface area (Å²) in [5, 5.41) is 0.565. The molecule has 8 heteroatoms. The van der Waals surface area contributed by atoms with Crippen molar-refractivity contribution < 1.29 is 28.5 Å². The summed E-state index contributed by atoms with van der Waals surface area (Å²) in [7, 11) is 4.11. The number of halogens is 1. The molecule has 0 bridgehead atoms. The number of rotatable bonds is 7. The SMILES string of the molecule is CCOc1c(OC)cccc1C1C(C(=O)OC)=CN(c2ccc(Cl)cc2)C=C1C(=O)OC. The lowest BCUT2D eigenvalue weighted by atomic mass is 9.82. The van der Waals surface area contributed by atoms with Gasteiger partial charge in [-0.25, -0.2) is 9.59 Å². The molecule has 32 heavy (non-hydrogen) atoms. The van der Waals surface area contributed by atoms with Gasteiger partial charge in [0.05, 0.1) is 45.0 Å². The molecule has 7 nitrogen and oxygen atoms in total. The predicted molar refractivity (Wildman–Crippen MR) is 121 cm³/mol. The maximum absolute atomic E-state index is 12.9. The number of carbonyl (C=O) groups excluding carboxylic acids is 2. The Morgan fingerprint density at radius 2 is 1.53 bits per heavy atom. The Bertz CT molecular complexity index is 1030. The van der Waals surface area contributed by atoms with Crippen LogP contribution in [0.15, 0.2) is 66.0 Å². The first kappa shape index (κ1) is 23.2. The van der Waals surface area contributed by atoms with Crippen LogP contribution < -0.4 is 14.4 Å². The van der Waals surface area contributed by atoms with E-state index in [0.29, 0.717) is 34.4 Å². The average molecular weight is 458 g/mol. The van der Waals surface area contributed by atoms with Gasteiger partial charge in [0, 0.05) is 28.7 Å². The Hall–Kier alpha value is -3.45. The molecule has 168 valence electrons. The molecular formula is C24H24ClNO6. The van der Waals surface area contributed by atoms with E-state index in [1.807, 2.05) is 6.92 Å². The van der Waals surface area contributed by atoms with Crippen LogP contribution in [0.2, 0.25) is 5.02 Å². The van der Waals surface area contributed by atoms with Gasteiger partial charge in [-0.05, 0) is 37.3 Å². The summed E-state index contributed by atoms with van der Waals surface area (Å²) in [5.74, 6) is -1.05. The number of hydrogen-bond donors (Lipinski definition) is 0. The summed E-state index contributed by atoms with van der Waals surface area (Å²) >= 11 is 6.01. The topological polar surface area (TPSA) is 74.3 Å². The number of benzene rings is 2. The molecule has 0 saturated carbocycles. The van der Waals surface area contributed by atoms with Crippen molar-refractivity contribution in [3.8, 4) is 11.5 Å². The molecule has 0 radical (unpaired) electrons. The highest BCUT2D eigenvalue weighted by Gasteiger charge is 2.37. The number of anilines is 1. The molecular weight excluding hydrogens is 434 g/mol. The van der Waals surface area contributed by atoms with E-state index in [9.17, 15) is 9.59 Å². The standard InChI is InChI=1S/C24H24ClNO6/c1-5-32-22-17(7-6-8-20(22)29-2)21-18(23(27)30-3)13-26(14-19(21)24(28)31-4)16-11-9-15(25)10-12-16/h6-14,21H,5H2,1-4H3. The van der Waals surface area contributed by atoms with Crippen molar-refractivity contribution in [2.45, 2.75) is 12.8 Å². The summed E-state index contributed by atoms with van der Waals surface area (Å²) in [6.07, 6.45) is 3.25. The second-order valence-corrected chi connectivity index (χ2v) is 7.22. The molecule has 0 aliphatic carbocycles. The molecule has 0 atom stereocenters. The zero-order chi connectivity index (χ0) is 23.3. The number of para-hydroxylation sites is 1. The molecule has 0 amide bonds. The minimum atomic E-state index is -0.796. The van der Waals surface area contributed by atoms with Crippen LogP contribution in [0.1, 0.15) is 18.4 Å². The van der Waals surface area contributed by atoms with E-state index in [1.165, 1.54) is 21.3 Å². The van der Waals surface area contributed by atoms with E-state index in [1.54, 1.807) is 59.8 Å². The molecule has 2 aromatic carbocycles. The van der Waals surface area contributed by atoms with Crippen LogP contribution in [-0.2, 0) is 19.1 Å². The van der Waals surface area contributed by atoms with Gasteiger partial charge in [0.1, 0.15) is 0 Å². The Morgan fingerprint density at radius 3 is 2.03 bits per heavy atom. The molecule has 0 unspecified atom stereocenters. The lowest BCUT2D eigenvalue weighted by Gasteiger charge is -2.31. The van der Waals surface area contributed by atoms with E-state index in [0.717, 1.165) is 0 Å². The van der Waals surface area contributed by atoms with Gasteiger partial charge in [0.25, 0.3) is 0 Å². The highest BCUT2D eigenvalue weighted by atomic mass is 35.5. The van der Waals surface area contributed by atoms with Gasteiger partial charge in [0.2, 0.25) is 0 Å². The Labute approximate surface area is 191 Å². The molecule has 0 aromatic heterocycles. The van der Waals surface area contributed by atoms with Gasteiger partial charge < -0.3 is 23.8 Å². The van der Waals surface area contributed by atoms with Gasteiger partial charge in [-0.1, -0.05) is 23.7 Å². The molecule has 1 aliphatic heterocycles. The van der Waals surface area contributed by atoms with Crippen molar-refractivity contribution in [3.05, 3.63) is 76.6 Å². The lowest BCUT2D eigenvalue weighted by Crippen LogP contribution is -2.29. The Balaban J connectivity index is 2.25. The van der Waals surface area contributed by atoms with Crippen LogP contribution in [0.4, 0.5) is 5.69 Å². The first-order valence-corrected chi connectivity index (χ1v) is 10.3. The summed E-state index contributed by atoms with van der Waals surface area (Å²) in [5.41, 5.74) is 1.75. The van der Waals surface area contributed by atoms with E-state index in [-0.39, 0.29) is 11.1 Å². The van der Waals surface area contributed by atoms with E-state index in [4.69, 9.17) is 30.5 Å². The van der Waals surface area contributed by atoms with E-state index in [2.05, 4.69) is 0 Å². The number of nitrogens with zero attached hydrogens (tertiary/aromatic N) is 1.